The van der Waals surface area contributed by atoms with Crippen LogP contribution in [0.1, 0.15) is 25.6 Å². The number of phosphoric acid groups is 4. The van der Waals surface area contributed by atoms with E-state index in [0.717, 1.165) is 36.6 Å². The monoisotopic (exact) mass is 1110 g/mol. The van der Waals surface area contributed by atoms with E-state index in [0.29, 0.717) is 0 Å². The number of methoxy groups -OCH3 is 1. The minimum Gasteiger partial charge on any atom is -0.387 e. The Morgan fingerprint density at radius 3 is 2.01 bits per heavy atom. The summed E-state index contributed by atoms with van der Waals surface area (Å²) in [5.41, 5.74) is 9.33. The van der Waals surface area contributed by atoms with E-state index in [4.69, 9.17) is 48.5 Å². The van der Waals surface area contributed by atoms with Crippen molar-refractivity contribution in [1.29, 1.82) is 0 Å². The molecule has 5 aromatic heterocycles. The largest absolute Gasteiger partial charge is 0.490 e. The van der Waals surface area contributed by atoms with Crippen molar-refractivity contribution < 1.29 is 103 Å². The quantitative estimate of drug-likeness (QED) is 0.0281. The Labute approximate surface area is 400 Å². The summed E-state index contributed by atoms with van der Waals surface area (Å²) in [6.07, 6.45) is -12.9. The molecule has 0 saturated carbocycles. The molecule has 16 atom stereocenters. The van der Waals surface area contributed by atoms with Crippen LogP contribution in [0.3, 0.4) is 0 Å². The Balaban J connectivity index is 0.930. The number of aromatic amines is 2. The SMILES string of the molecule is CO[C@@H]1[C@H](OP(=O)(O)OC[C@H]2O[C@@H](n3ccc(=O)[nH]c3=O)[C@H](O)[C@@H]2O)[C@@H](COP(=O)(O)OP(=O)(O)OP(=O)(O)OC[C@H]2O[C@@H](n3c[n+](C)c4c(=O)[nH]c(N)nc43)[C@H](O)[C@@H]2C)O[C@H]1n1cnc2c(N)ncnc21. The maximum atomic E-state index is 13.6. The smallest absolute Gasteiger partial charge is 0.387 e. The van der Waals surface area contributed by atoms with Crippen molar-refractivity contribution in [2.24, 2.45) is 13.0 Å². The van der Waals surface area contributed by atoms with Crippen molar-refractivity contribution >= 4 is 65.4 Å². The lowest BCUT2D eigenvalue weighted by Crippen LogP contribution is -2.38. The number of hydrogen-bond acceptors (Lipinski definition) is 26. The average molecular weight is 1110 g/mol. The number of nitrogens with one attached hydrogen (secondary N) is 2. The van der Waals surface area contributed by atoms with Crippen LogP contribution in [0.4, 0.5) is 11.8 Å². The number of hydrogen-bond donors (Lipinski definition) is 11. The summed E-state index contributed by atoms with van der Waals surface area (Å²) in [5.74, 6) is -1.21. The van der Waals surface area contributed by atoms with Gasteiger partial charge in [0.25, 0.3) is 16.7 Å². The second-order valence-corrected chi connectivity index (χ2v) is 22.1. The fourth-order valence-electron chi connectivity index (χ4n) is 7.97. The van der Waals surface area contributed by atoms with Gasteiger partial charge in [-0.05, 0) is 0 Å². The zero-order valence-electron chi connectivity index (χ0n) is 37.0. The number of aliphatic hydroxyl groups is 3. The van der Waals surface area contributed by atoms with Gasteiger partial charge in [0.2, 0.25) is 18.5 Å². The first-order valence-corrected chi connectivity index (χ1v) is 26.6. The molecule has 5 aromatic rings. The molecular formula is C32H45N12O24P4+. The van der Waals surface area contributed by atoms with Crippen molar-refractivity contribution in [3.8, 4) is 0 Å². The number of ether oxygens (including phenoxy) is 4. The van der Waals surface area contributed by atoms with Gasteiger partial charge in [-0.3, -0.25) is 46.8 Å². The maximum Gasteiger partial charge on any atom is 0.490 e. The van der Waals surface area contributed by atoms with Gasteiger partial charge in [0.15, 0.2) is 23.9 Å². The molecule has 3 aliphatic rings. The van der Waals surface area contributed by atoms with E-state index in [9.17, 15) is 67.5 Å². The molecule has 40 heteroatoms. The lowest BCUT2D eigenvalue weighted by atomic mass is 10.0. The highest BCUT2D eigenvalue weighted by Gasteiger charge is 2.53. The predicted molar refractivity (Wildman–Crippen MR) is 231 cm³/mol. The minimum atomic E-state index is -6.14. The second-order valence-electron chi connectivity index (χ2n) is 16.1. The summed E-state index contributed by atoms with van der Waals surface area (Å²) in [4.78, 5) is 99.0. The van der Waals surface area contributed by atoms with Gasteiger partial charge in [0, 0.05) is 25.3 Å². The molecule has 4 unspecified atom stereocenters. The van der Waals surface area contributed by atoms with E-state index in [-0.39, 0.29) is 34.1 Å². The van der Waals surface area contributed by atoms with Gasteiger partial charge in [0.1, 0.15) is 54.6 Å². The third-order valence-corrected chi connectivity index (χ3v) is 16.6. The third-order valence-electron chi connectivity index (χ3n) is 11.4. The summed E-state index contributed by atoms with van der Waals surface area (Å²) in [6.45, 7) is -1.70. The minimum absolute atomic E-state index is 0.00719. The molecule has 0 spiro atoms. The standard InChI is InChI=1S/C32H44N12O24P4/c1-12-13(63-28(19(12)46)44-11-41(2)18-26(44)39-31(34)40-27(18)49)6-61-70(53,54)67-72(57,58)68-71(55,56)62-8-15-22(23(59-3)30(65-15)43-10-37-17-24(33)35-9-36-25(17)43)66-69(51,52)60-7-14-20(47)21(48)29(64-14)42-5-4-16(45)38-32(42)50/h4-5,9-15,19-23,28-30,46-48H,6-8H2,1-3H3,(H9-,33,34,35,36,38,39,40,45,49,50,51,52,53,54,55,56,57,58)/p+1/t12-,13-,14-,15-,19-,20-,21-,22-,23-,28-,29-,30-/m1/s1. The van der Waals surface area contributed by atoms with Crippen LogP contribution < -0.4 is 32.8 Å². The molecule has 0 aliphatic carbocycles. The molecule has 0 radical (unpaired) electrons. The molecule has 0 aromatic carbocycles. The van der Waals surface area contributed by atoms with Gasteiger partial charge in [-0.25, -0.2) is 42.6 Å². The zero-order valence-corrected chi connectivity index (χ0v) is 40.6. The highest BCUT2D eigenvalue weighted by atomic mass is 31.3. The van der Waals surface area contributed by atoms with Crippen molar-refractivity contribution in [3.63, 3.8) is 0 Å². The lowest BCUT2D eigenvalue weighted by molar-refractivity contribution is -0.646. The number of nitrogens with two attached hydrogens (primary N) is 2. The molecule has 0 amide bonds. The molecule has 8 rings (SSSR count). The van der Waals surface area contributed by atoms with E-state index in [2.05, 4.69) is 33.5 Å². The molecule has 0 bridgehead atoms. The number of nitrogen functional groups attached to an aromatic ring is 2. The van der Waals surface area contributed by atoms with Crippen LogP contribution in [0, 0.1) is 5.92 Å². The molecule has 3 aliphatic heterocycles. The van der Waals surface area contributed by atoms with Crippen LogP contribution in [-0.2, 0) is 71.0 Å². The number of phosphoric ester groups is 3. The van der Waals surface area contributed by atoms with Crippen molar-refractivity contribution in [1.82, 2.24) is 43.6 Å². The summed E-state index contributed by atoms with van der Waals surface area (Å²) < 4.78 is 109. The molecule has 3 fully saturated rings. The number of aromatic nitrogens is 10. The fourth-order valence-corrected chi connectivity index (χ4v) is 12.5. The number of aryl methyl sites for hydroxylation is 1. The average Bonchev–Trinajstić information content (AvgIpc) is 4.07. The van der Waals surface area contributed by atoms with Gasteiger partial charge in [0.05, 0.1) is 39.3 Å². The highest BCUT2D eigenvalue weighted by molar-refractivity contribution is 7.66. The Morgan fingerprint density at radius 2 is 1.35 bits per heavy atom. The number of H-pyrrole nitrogens is 2. The van der Waals surface area contributed by atoms with E-state index in [1.54, 1.807) is 0 Å². The number of imidazole rings is 2. The van der Waals surface area contributed by atoms with Gasteiger partial charge >= 0.3 is 42.5 Å². The third kappa shape index (κ3) is 11.1. The molecule has 8 heterocycles. The summed E-state index contributed by atoms with van der Waals surface area (Å²) >= 11 is 0. The first-order valence-electron chi connectivity index (χ1n) is 20.6. The summed E-state index contributed by atoms with van der Waals surface area (Å²) in [6, 6.07) is 0.927. The molecule has 36 nitrogen and oxygen atoms in total. The van der Waals surface area contributed by atoms with E-state index in [1.807, 2.05) is 4.98 Å². The Morgan fingerprint density at radius 1 is 0.736 bits per heavy atom. The van der Waals surface area contributed by atoms with E-state index in [1.165, 1.54) is 34.0 Å². The van der Waals surface area contributed by atoms with Crippen LogP contribution >= 0.6 is 31.3 Å². The molecule has 72 heavy (non-hydrogen) atoms. The van der Waals surface area contributed by atoms with Gasteiger partial charge in [-0.1, -0.05) is 6.92 Å². The van der Waals surface area contributed by atoms with Crippen molar-refractivity contribution in [2.45, 2.75) is 74.4 Å². The first kappa shape index (κ1) is 53.7. The molecule has 396 valence electrons. The van der Waals surface area contributed by atoms with Crippen LogP contribution in [0.2, 0.25) is 0 Å². The van der Waals surface area contributed by atoms with Gasteiger partial charge < -0.3 is 65.3 Å². The number of fused-ring (bicyclic) bond motifs is 2. The predicted octanol–water partition coefficient (Wildman–Crippen LogP) is -3.60. The van der Waals surface area contributed by atoms with Crippen LogP contribution in [0.15, 0.2) is 45.6 Å². The van der Waals surface area contributed by atoms with Crippen molar-refractivity contribution in [3.05, 3.63) is 62.4 Å². The Kier molecular flexibility index (Phi) is 15.1. The zero-order chi connectivity index (χ0) is 52.4. The fraction of sp³-hybridized carbons (Fsp3) is 0.562. The number of anilines is 2. The van der Waals surface area contributed by atoms with E-state index >= 15 is 0 Å². The normalized spacial score (nSPS) is 31.1. The van der Waals surface area contributed by atoms with Gasteiger partial charge in [-0.2, -0.15) is 18.2 Å². The second kappa shape index (κ2) is 20.3. The van der Waals surface area contributed by atoms with Crippen LogP contribution in [-0.4, -0.2) is 154 Å². The number of aliphatic hydroxyl groups excluding tert-OH is 3. The maximum absolute atomic E-state index is 13.6. The van der Waals surface area contributed by atoms with Crippen LogP contribution in [0.25, 0.3) is 22.3 Å². The number of nitrogens with zero attached hydrogens (tertiary/aromatic N) is 8. The Bertz CT molecular complexity index is 3230. The van der Waals surface area contributed by atoms with Crippen molar-refractivity contribution in [2.75, 3.05) is 38.4 Å². The first-order chi connectivity index (χ1) is 33.7. The highest BCUT2D eigenvalue weighted by Crippen LogP contribution is 2.68. The topological polar surface area (TPSA) is 507 Å². The van der Waals surface area contributed by atoms with Crippen LogP contribution in [0.5, 0.6) is 0 Å². The molecule has 3 saturated heterocycles. The summed E-state index contributed by atoms with van der Waals surface area (Å²) in [5, 5.41) is 32.2. The Hall–Kier alpha value is -4.58. The van der Waals surface area contributed by atoms with Gasteiger partial charge in [-0.15, -0.1) is 0 Å². The lowest BCUT2D eigenvalue weighted by Gasteiger charge is -2.26. The summed E-state index contributed by atoms with van der Waals surface area (Å²) in [7, 11) is -20.6. The molecular weight excluding hydrogens is 1060 g/mol. The molecule has 13 N–H and O–H groups in total. The van der Waals surface area contributed by atoms with E-state index < -0.39 is 141 Å². The number of rotatable bonds is 19.